The van der Waals surface area contributed by atoms with Crippen molar-refractivity contribution >= 4 is 17.8 Å². The van der Waals surface area contributed by atoms with Crippen molar-refractivity contribution in [3.05, 3.63) is 103 Å². The van der Waals surface area contributed by atoms with Crippen molar-refractivity contribution in [3.8, 4) is 22.3 Å². The van der Waals surface area contributed by atoms with Gasteiger partial charge in [-0.2, -0.15) is 0 Å². The van der Waals surface area contributed by atoms with Crippen molar-refractivity contribution < 1.29 is 23.9 Å². The van der Waals surface area contributed by atoms with Gasteiger partial charge in [0.1, 0.15) is 18.7 Å². The summed E-state index contributed by atoms with van der Waals surface area (Å²) in [4.78, 5) is 42.8. The van der Waals surface area contributed by atoms with Crippen molar-refractivity contribution in [2.75, 3.05) is 6.61 Å². The van der Waals surface area contributed by atoms with Gasteiger partial charge in [0, 0.05) is 30.2 Å². The minimum Gasteiger partial charge on any atom is -0.463 e. The highest BCUT2D eigenvalue weighted by Gasteiger charge is 2.45. The molecule has 1 saturated heterocycles. The van der Waals surface area contributed by atoms with Gasteiger partial charge in [-0.1, -0.05) is 68.4 Å². The molecule has 0 radical (unpaired) electrons. The number of nitrogens with one attached hydrogen (secondary N) is 1. The molecule has 8 nitrogen and oxygen atoms in total. The summed E-state index contributed by atoms with van der Waals surface area (Å²) in [6.45, 7) is 4.03. The number of rotatable bonds is 9. The van der Waals surface area contributed by atoms with Crippen molar-refractivity contribution in [2.24, 2.45) is 5.41 Å². The zero-order chi connectivity index (χ0) is 28.1. The van der Waals surface area contributed by atoms with Crippen LogP contribution in [0.5, 0.6) is 0 Å². The van der Waals surface area contributed by atoms with Crippen molar-refractivity contribution in [1.29, 1.82) is 0 Å². The molecule has 5 rings (SSSR count). The molecule has 4 aromatic rings. The summed E-state index contributed by atoms with van der Waals surface area (Å²) in [7, 11) is 0. The minimum absolute atomic E-state index is 0.108. The van der Waals surface area contributed by atoms with E-state index < -0.39 is 35.3 Å². The summed E-state index contributed by atoms with van der Waals surface area (Å²) in [6.07, 6.45) is 6.90. The number of carbonyl (C=O) groups excluding carboxylic acids is 3. The summed E-state index contributed by atoms with van der Waals surface area (Å²) >= 11 is 0. The summed E-state index contributed by atoms with van der Waals surface area (Å²) in [5.41, 5.74) is 4.27. The normalized spacial score (nSPS) is 16.6. The molecule has 0 unspecified atom stereocenters. The third kappa shape index (κ3) is 6.12. The third-order valence-electron chi connectivity index (χ3n) is 7.10. The first kappa shape index (κ1) is 26.9. The maximum atomic E-state index is 13.5. The SMILES string of the molecule is CC1(C)COC(=O)[C@H]1NC(=O)[C@@H](CC(=O)OCc1ccccc1)n1ccc(-c2ccc(-c3ccncc3)cc2)c1. The van der Waals surface area contributed by atoms with Gasteiger partial charge in [0.25, 0.3) is 0 Å². The van der Waals surface area contributed by atoms with Crippen LogP contribution in [0.4, 0.5) is 0 Å². The third-order valence-corrected chi connectivity index (χ3v) is 7.10. The van der Waals surface area contributed by atoms with E-state index in [2.05, 4.69) is 10.3 Å². The van der Waals surface area contributed by atoms with Crippen molar-refractivity contribution in [3.63, 3.8) is 0 Å². The number of esters is 2. The van der Waals surface area contributed by atoms with Crippen LogP contribution in [0.15, 0.2) is 97.6 Å². The molecule has 0 spiro atoms. The van der Waals surface area contributed by atoms with Gasteiger partial charge in [0.15, 0.2) is 0 Å². The van der Waals surface area contributed by atoms with Gasteiger partial charge in [0.05, 0.1) is 13.0 Å². The highest BCUT2D eigenvalue weighted by atomic mass is 16.5. The first-order valence-corrected chi connectivity index (χ1v) is 13.1. The van der Waals surface area contributed by atoms with Crippen molar-refractivity contribution in [2.45, 2.75) is 39.0 Å². The number of ether oxygens (including phenoxy) is 2. The lowest BCUT2D eigenvalue weighted by Gasteiger charge is -2.25. The van der Waals surface area contributed by atoms with Crippen LogP contribution < -0.4 is 5.32 Å². The van der Waals surface area contributed by atoms with Crippen LogP contribution in [0, 0.1) is 5.41 Å². The van der Waals surface area contributed by atoms with Crippen LogP contribution in [-0.4, -0.2) is 40.0 Å². The largest absolute Gasteiger partial charge is 0.463 e. The molecule has 1 aliphatic rings. The van der Waals surface area contributed by atoms with Crippen LogP contribution in [0.3, 0.4) is 0 Å². The lowest BCUT2D eigenvalue weighted by molar-refractivity contribution is -0.148. The fraction of sp³-hybridized carbons (Fsp3) is 0.250. The number of aromatic nitrogens is 2. The lowest BCUT2D eigenvalue weighted by atomic mass is 9.87. The number of pyridine rings is 1. The van der Waals surface area contributed by atoms with Gasteiger partial charge in [-0.3, -0.25) is 14.6 Å². The van der Waals surface area contributed by atoms with Gasteiger partial charge in [-0.25, -0.2) is 4.79 Å². The molecule has 204 valence electrons. The first-order valence-electron chi connectivity index (χ1n) is 13.1. The van der Waals surface area contributed by atoms with E-state index >= 15 is 0 Å². The number of hydrogen-bond acceptors (Lipinski definition) is 6. The quantitative estimate of drug-likeness (QED) is 0.303. The molecule has 1 amide bonds. The van der Waals surface area contributed by atoms with Crippen LogP contribution in [0.25, 0.3) is 22.3 Å². The van der Waals surface area contributed by atoms with Gasteiger partial charge >= 0.3 is 11.9 Å². The van der Waals surface area contributed by atoms with Crippen LogP contribution in [0.1, 0.15) is 31.9 Å². The first-order chi connectivity index (χ1) is 19.3. The molecule has 2 aromatic heterocycles. The van der Waals surface area contributed by atoms with Crippen LogP contribution in [-0.2, 0) is 30.5 Å². The summed E-state index contributed by atoms with van der Waals surface area (Å²) in [5, 5.41) is 2.82. The fourth-order valence-electron chi connectivity index (χ4n) is 4.70. The second-order valence-electron chi connectivity index (χ2n) is 10.6. The lowest BCUT2D eigenvalue weighted by Crippen LogP contribution is -2.49. The molecule has 1 fully saturated rings. The van der Waals surface area contributed by atoms with Crippen LogP contribution >= 0.6 is 0 Å². The summed E-state index contributed by atoms with van der Waals surface area (Å²) in [6, 6.07) is 21.5. The Balaban J connectivity index is 1.35. The number of carbonyl (C=O) groups is 3. The Morgan fingerprint density at radius 2 is 1.62 bits per heavy atom. The Hall–Kier alpha value is -4.72. The number of cyclic esters (lactones) is 1. The Labute approximate surface area is 233 Å². The van der Waals surface area contributed by atoms with E-state index in [1.165, 1.54) is 0 Å². The van der Waals surface area contributed by atoms with Crippen LogP contribution in [0.2, 0.25) is 0 Å². The van der Waals surface area contributed by atoms with Gasteiger partial charge in [-0.05, 0) is 46.0 Å². The molecule has 2 aromatic carbocycles. The molecule has 8 heteroatoms. The maximum absolute atomic E-state index is 13.5. The topological polar surface area (TPSA) is 99.5 Å². The molecule has 0 bridgehead atoms. The Morgan fingerprint density at radius 3 is 2.27 bits per heavy atom. The molecule has 40 heavy (non-hydrogen) atoms. The monoisotopic (exact) mass is 537 g/mol. The number of nitrogens with zero attached hydrogens (tertiary/aromatic N) is 2. The molecule has 1 N–H and O–H groups in total. The molecular weight excluding hydrogens is 506 g/mol. The fourth-order valence-corrected chi connectivity index (χ4v) is 4.70. The maximum Gasteiger partial charge on any atom is 0.329 e. The predicted molar refractivity (Wildman–Crippen MR) is 150 cm³/mol. The van der Waals surface area contributed by atoms with E-state index in [1.807, 2.05) is 92.8 Å². The van der Waals surface area contributed by atoms with E-state index in [-0.39, 0.29) is 19.6 Å². The van der Waals surface area contributed by atoms with E-state index in [9.17, 15) is 14.4 Å². The predicted octanol–water partition coefficient (Wildman–Crippen LogP) is 4.96. The van der Waals surface area contributed by atoms with Gasteiger partial charge in [0.2, 0.25) is 5.91 Å². The van der Waals surface area contributed by atoms with Crippen molar-refractivity contribution in [1.82, 2.24) is 14.9 Å². The van der Waals surface area contributed by atoms with E-state index in [0.717, 1.165) is 27.8 Å². The zero-order valence-electron chi connectivity index (χ0n) is 22.4. The molecular formula is C32H31N3O5. The number of hydrogen-bond donors (Lipinski definition) is 1. The smallest absolute Gasteiger partial charge is 0.329 e. The number of benzene rings is 2. The Bertz CT molecular complexity index is 1480. The Kier molecular flexibility index (Phi) is 7.77. The molecule has 0 saturated carbocycles. The number of amides is 1. The molecule has 3 heterocycles. The van der Waals surface area contributed by atoms with E-state index in [0.29, 0.717) is 0 Å². The minimum atomic E-state index is -0.919. The second kappa shape index (κ2) is 11.6. The molecule has 1 aliphatic heterocycles. The van der Waals surface area contributed by atoms with E-state index in [4.69, 9.17) is 9.47 Å². The second-order valence-corrected chi connectivity index (χ2v) is 10.6. The highest BCUT2D eigenvalue weighted by molar-refractivity contribution is 5.90. The average Bonchev–Trinajstić information content (AvgIpc) is 3.56. The average molecular weight is 538 g/mol. The Morgan fingerprint density at radius 1 is 0.975 bits per heavy atom. The highest BCUT2D eigenvalue weighted by Crippen LogP contribution is 2.30. The van der Waals surface area contributed by atoms with E-state index in [1.54, 1.807) is 23.2 Å². The summed E-state index contributed by atoms with van der Waals surface area (Å²) in [5.74, 6) is -1.45. The standard InChI is InChI=1S/C32H31N3O5/c1-32(2)21-40-31(38)29(32)34-30(37)27(18-28(36)39-20-22-6-4-3-5-7-22)35-17-14-26(19-35)24-10-8-23(9-11-24)25-12-15-33-16-13-25/h3-17,19,27,29H,18,20-21H2,1-2H3,(H,34,37)/t27-,29-/m1/s1. The van der Waals surface area contributed by atoms with Gasteiger partial charge in [-0.15, -0.1) is 0 Å². The molecule has 2 atom stereocenters. The summed E-state index contributed by atoms with van der Waals surface area (Å²) < 4.78 is 12.4. The molecule has 0 aliphatic carbocycles. The zero-order valence-corrected chi connectivity index (χ0v) is 22.4. The van der Waals surface area contributed by atoms with Gasteiger partial charge < -0.3 is 19.4 Å².